The highest BCUT2D eigenvalue weighted by Crippen LogP contribution is 2.44. The number of carbonyl (C=O) groups is 1. The largest absolute Gasteiger partial charge is 0.492 e. The van der Waals surface area contributed by atoms with Crippen molar-refractivity contribution in [3.63, 3.8) is 0 Å². The molecule has 0 bridgehead atoms. The molecule has 1 aliphatic heterocycles. The van der Waals surface area contributed by atoms with Crippen LogP contribution in [0.3, 0.4) is 0 Å². The van der Waals surface area contributed by atoms with Gasteiger partial charge in [-0.05, 0) is 43.2 Å². The zero-order chi connectivity index (χ0) is 23.8. The highest BCUT2D eigenvalue weighted by molar-refractivity contribution is 5.68. The Labute approximate surface area is 193 Å². The third kappa shape index (κ3) is 4.01. The minimum absolute atomic E-state index is 0.0136. The molecule has 1 aliphatic carbocycles. The Kier molecular flexibility index (Phi) is 5.54. The van der Waals surface area contributed by atoms with Gasteiger partial charge in [-0.15, -0.1) is 0 Å². The van der Waals surface area contributed by atoms with E-state index in [4.69, 9.17) is 24.6 Å². The highest BCUT2D eigenvalue weighted by atomic mass is 19.1. The fourth-order valence-electron chi connectivity index (χ4n) is 4.51. The molecule has 3 aromatic carbocycles. The van der Waals surface area contributed by atoms with Gasteiger partial charge in [0, 0.05) is 34.7 Å². The Bertz CT molecular complexity index is 1330. The normalized spacial score (nSPS) is 17.9. The second-order valence-corrected chi connectivity index (χ2v) is 8.24. The molecule has 0 saturated heterocycles. The summed E-state index contributed by atoms with van der Waals surface area (Å²) >= 11 is 0. The number of nitriles is 1. The van der Waals surface area contributed by atoms with Gasteiger partial charge in [0.15, 0.2) is 0 Å². The maximum atomic E-state index is 14.8. The first-order chi connectivity index (χ1) is 16.4. The predicted octanol–water partition coefficient (Wildman–Crippen LogP) is 5.65. The molecule has 0 amide bonds. The average Bonchev–Trinajstić information content (AvgIpc) is 3.40. The van der Waals surface area contributed by atoms with Crippen molar-refractivity contribution in [3.8, 4) is 29.1 Å². The lowest BCUT2D eigenvalue weighted by atomic mass is 9.98. The molecule has 0 radical (unpaired) electrons. The summed E-state index contributed by atoms with van der Waals surface area (Å²) in [5.41, 5.74) is 1.77. The molecule has 6 nitrogen and oxygen atoms in total. The monoisotopic (exact) mass is 463 g/mol. The third-order valence-electron chi connectivity index (χ3n) is 6.09. The van der Waals surface area contributed by atoms with E-state index >= 15 is 0 Å². The van der Waals surface area contributed by atoms with Gasteiger partial charge in [-0.3, -0.25) is 4.79 Å². The fraction of sp³-hybridized carbons (Fsp3) is 0.231. The van der Waals surface area contributed by atoms with Gasteiger partial charge < -0.3 is 19.3 Å². The zero-order valence-electron chi connectivity index (χ0n) is 17.9. The molecule has 172 valence electrons. The maximum absolute atomic E-state index is 14.8. The SMILES string of the molecule is N#Cc1ccc(Oc2ccc(F)c3c2CC[C@H]3Oc2ccc3c(c2)OC[C@H]3CC(=O)O)cc1F. The van der Waals surface area contributed by atoms with Crippen LogP contribution in [0.15, 0.2) is 48.5 Å². The summed E-state index contributed by atoms with van der Waals surface area (Å²) in [6.07, 6.45) is 0.466. The summed E-state index contributed by atoms with van der Waals surface area (Å²) in [6, 6.07) is 13.7. The van der Waals surface area contributed by atoms with Crippen LogP contribution < -0.4 is 14.2 Å². The van der Waals surface area contributed by atoms with Crippen molar-refractivity contribution >= 4 is 5.97 Å². The van der Waals surface area contributed by atoms with Crippen LogP contribution in [-0.2, 0) is 11.2 Å². The fourth-order valence-corrected chi connectivity index (χ4v) is 4.51. The molecule has 1 heterocycles. The first-order valence-corrected chi connectivity index (χ1v) is 10.8. The van der Waals surface area contributed by atoms with Crippen LogP contribution in [0.2, 0.25) is 0 Å². The quantitative estimate of drug-likeness (QED) is 0.509. The van der Waals surface area contributed by atoms with Crippen molar-refractivity contribution in [1.29, 1.82) is 5.26 Å². The van der Waals surface area contributed by atoms with E-state index in [-0.39, 0.29) is 23.7 Å². The number of hydrogen-bond acceptors (Lipinski definition) is 5. The standard InChI is InChI=1S/C26H19F2NO5/c27-20-6-8-22(33-16-2-1-14(12-29)21(28)10-16)19-5-7-23(26(19)20)34-17-3-4-18-15(9-25(30)31)13-32-24(18)11-17/h1-4,6,8,10-11,15,23H,5,7,9,13H2,(H,30,31)/t15-,23-/m1/s1. The summed E-state index contributed by atoms with van der Waals surface area (Å²) in [6.45, 7) is 0.294. The number of carboxylic acid groups (broad SMARTS) is 1. The van der Waals surface area contributed by atoms with Crippen LogP contribution in [0.5, 0.6) is 23.0 Å². The van der Waals surface area contributed by atoms with Crippen molar-refractivity contribution in [2.75, 3.05) is 6.61 Å². The summed E-state index contributed by atoms with van der Waals surface area (Å²) in [5, 5.41) is 17.9. The number of rotatable bonds is 6. The van der Waals surface area contributed by atoms with Gasteiger partial charge in [-0.2, -0.15) is 5.26 Å². The van der Waals surface area contributed by atoms with Gasteiger partial charge in [0.1, 0.15) is 46.8 Å². The minimum atomic E-state index is -0.887. The van der Waals surface area contributed by atoms with Crippen molar-refractivity contribution < 1.29 is 32.9 Å². The van der Waals surface area contributed by atoms with Gasteiger partial charge in [0.05, 0.1) is 18.6 Å². The van der Waals surface area contributed by atoms with Crippen LogP contribution in [0.25, 0.3) is 0 Å². The first-order valence-electron chi connectivity index (χ1n) is 10.8. The Morgan fingerprint density at radius 2 is 1.94 bits per heavy atom. The zero-order valence-corrected chi connectivity index (χ0v) is 17.9. The minimum Gasteiger partial charge on any atom is -0.492 e. The van der Waals surface area contributed by atoms with E-state index in [1.807, 2.05) is 0 Å². The number of halogens is 2. The predicted molar refractivity (Wildman–Crippen MR) is 116 cm³/mol. The third-order valence-corrected chi connectivity index (χ3v) is 6.09. The highest BCUT2D eigenvalue weighted by Gasteiger charge is 2.32. The van der Waals surface area contributed by atoms with Gasteiger partial charge >= 0.3 is 5.97 Å². The Morgan fingerprint density at radius 1 is 1.12 bits per heavy atom. The van der Waals surface area contributed by atoms with E-state index < -0.39 is 23.7 Å². The number of hydrogen-bond donors (Lipinski definition) is 1. The van der Waals surface area contributed by atoms with Crippen molar-refractivity contribution in [1.82, 2.24) is 0 Å². The molecule has 2 atom stereocenters. The molecule has 3 aromatic rings. The van der Waals surface area contributed by atoms with E-state index in [2.05, 4.69) is 0 Å². The molecule has 0 aromatic heterocycles. The van der Waals surface area contributed by atoms with Crippen molar-refractivity contribution in [3.05, 3.63) is 82.4 Å². The summed E-state index contributed by atoms with van der Waals surface area (Å²) in [7, 11) is 0. The second-order valence-electron chi connectivity index (χ2n) is 8.24. The van der Waals surface area contributed by atoms with E-state index in [0.717, 1.165) is 11.6 Å². The van der Waals surface area contributed by atoms with E-state index in [9.17, 15) is 13.6 Å². The lowest BCUT2D eigenvalue weighted by Crippen LogP contribution is -2.07. The molecule has 1 N–H and O–H groups in total. The Morgan fingerprint density at radius 3 is 2.71 bits per heavy atom. The molecular weight excluding hydrogens is 444 g/mol. The Hall–Kier alpha value is -4.12. The number of fused-ring (bicyclic) bond motifs is 2. The Balaban J connectivity index is 1.37. The van der Waals surface area contributed by atoms with Gasteiger partial charge in [-0.1, -0.05) is 6.07 Å². The molecule has 2 aliphatic rings. The van der Waals surface area contributed by atoms with Crippen LogP contribution in [0.4, 0.5) is 8.78 Å². The summed E-state index contributed by atoms with van der Waals surface area (Å²) in [4.78, 5) is 11.0. The number of benzene rings is 3. The van der Waals surface area contributed by atoms with Crippen LogP contribution in [0.1, 0.15) is 47.1 Å². The molecular formula is C26H19F2NO5. The van der Waals surface area contributed by atoms with Crippen molar-refractivity contribution in [2.24, 2.45) is 0 Å². The smallest absolute Gasteiger partial charge is 0.304 e. The number of carboxylic acids is 1. The molecule has 34 heavy (non-hydrogen) atoms. The van der Waals surface area contributed by atoms with Gasteiger partial charge in [0.2, 0.25) is 0 Å². The molecule has 0 fully saturated rings. The van der Waals surface area contributed by atoms with Gasteiger partial charge in [-0.25, -0.2) is 8.78 Å². The number of nitrogens with zero attached hydrogens (tertiary/aromatic N) is 1. The topological polar surface area (TPSA) is 88.8 Å². The van der Waals surface area contributed by atoms with Crippen LogP contribution in [0, 0.1) is 23.0 Å². The number of ether oxygens (including phenoxy) is 3. The van der Waals surface area contributed by atoms with E-state index in [0.29, 0.717) is 47.8 Å². The van der Waals surface area contributed by atoms with E-state index in [1.165, 1.54) is 24.3 Å². The van der Waals surface area contributed by atoms with Crippen LogP contribution in [-0.4, -0.2) is 17.7 Å². The molecule has 0 spiro atoms. The van der Waals surface area contributed by atoms with Crippen LogP contribution >= 0.6 is 0 Å². The second kappa shape index (κ2) is 8.67. The maximum Gasteiger partial charge on any atom is 0.304 e. The molecule has 8 heteroatoms. The molecule has 0 unspecified atom stereocenters. The summed E-state index contributed by atoms with van der Waals surface area (Å²) < 4.78 is 46.3. The summed E-state index contributed by atoms with van der Waals surface area (Å²) in [5.74, 6) is -0.532. The molecule has 0 saturated carbocycles. The lowest BCUT2D eigenvalue weighted by molar-refractivity contribution is -0.137. The van der Waals surface area contributed by atoms with Crippen molar-refractivity contribution in [2.45, 2.75) is 31.3 Å². The first kappa shape index (κ1) is 21.7. The van der Waals surface area contributed by atoms with Gasteiger partial charge in [0.25, 0.3) is 0 Å². The lowest BCUT2D eigenvalue weighted by Gasteiger charge is -2.17. The average molecular weight is 463 g/mol. The number of aliphatic carboxylic acids is 1. The molecule has 5 rings (SSSR count). The van der Waals surface area contributed by atoms with E-state index in [1.54, 1.807) is 24.3 Å².